The summed E-state index contributed by atoms with van der Waals surface area (Å²) >= 11 is 0. The van der Waals surface area contributed by atoms with Crippen LogP contribution in [0.15, 0.2) is 12.2 Å². The van der Waals surface area contributed by atoms with Crippen LogP contribution >= 0.6 is 0 Å². The zero-order chi connectivity index (χ0) is 18.4. The molecular formula is C18H35NO5. The number of aliphatic hydroxyl groups excluding tert-OH is 3. The number of unbranched alkanes of at least 4 members (excludes halogenated alkanes) is 8. The molecule has 0 aliphatic heterocycles. The van der Waals surface area contributed by atoms with E-state index in [1.807, 2.05) is 6.08 Å². The van der Waals surface area contributed by atoms with Gasteiger partial charge in [0.05, 0.1) is 12.7 Å². The van der Waals surface area contributed by atoms with E-state index in [-0.39, 0.29) is 6.42 Å². The third-order valence-corrected chi connectivity index (χ3v) is 4.32. The lowest BCUT2D eigenvalue weighted by molar-refractivity contribution is -0.154. The van der Waals surface area contributed by atoms with E-state index in [0.29, 0.717) is 0 Å². The minimum absolute atomic E-state index is 0.102. The molecule has 0 spiro atoms. The Morgan fingerprint density at radius 2 is 1.58 bits per heavy atom. The van der Waals surface area contributed by atoms with Crippen LogP contribution in [0, 0.1) is 0 Å². The summed E-state index contributed by atoms with van der Waals surface area (Å²) in [5.41, 5.74) is 3.18. The first-order valence-electron chi connectivity index (χ1n) is 9.04. The van der Waals surface area contributed by atoms with Crippen molar-refractivity contribution in [2.45, 2.75) is 88.9 Å². The second-order valence-electron chi connectivity index (χ2n) is 6.49. The Balaban J connectivity index is 3.85. The molecular weight excluding hydrogens is 310 g/mol. The number of carboxylic acid groups (broad SMARTS) is 1. The average Bonchev–Trinajstić information content (AvgIpc) is 2.57. The summed E-state index contributed by atoms with van der Waals surface area (Å²) in [7, 11) is 0. The standard InChI is InChI=1S/C18H35NO5/c1-2-3-4-5-6-7-8-9-10-11-12-13-15(21)16(22)18(19,14-20)17(23)24/h11-12,15-16,20-22H,2-10,13-14,19H2,1H3,(H,23,24)/b12-11+/t15-,16+,18+/m1/s1. The molecule has 0 heterocycles. The van der Waals surface area contributed by atoms with Crippen molar-refractivity contribution in [2.24, 2.45) is 5.73 Å². The van der Waals surface area contributed by atoms with Crippen LogP contribution in [-0.4, -0.2) is 50.7 Å². The molecule has 6 N–H and O–H groups in total. The van der Waals surface area contributed by atoms with Crippen molar-refractivity contribution in [1.82, 2.24) is 0 Å². The van der Waals surface area contributed by atoms with Gasteiger partial charge in [0.1, 0.15) is 6.10 Å². The zero-order valence-electron chi connectivity index (χ0n) is 14.9. The Bertz CT molecular complexity index is 361. The van der Waals surface area contributed by atoms with Gasteiger partial charge in [-0.15, -0.1) is 0 Å². The minimum atomic E-state index is -2.25. The highest BCUT2D eigenvalue weighted by Gasteiger charge is 2.44. The summed E-state index contributed by atoms with van der Waals surface area (Å²) in [6.07, 6.45) is 11.6. The molecule has 0 amide bonds. The molecule has 0 fully saturated rings. The van der Waals surface area contributed by atoms with Gasteiger partial charge in [0.25, 0.3) is 0 Å². The second kappa shape index (κ2) is 13.4. The van der Waals surface area contributed by atoms with Gasteiger partial charge in [-0.05, 0) is 19.3 Å². The molecule has 0 bridgehead atoms. The first-order chi connectivity index (χ1) is 11.4. The number of carboxylic acids is 1. The Labute approximate surface area is 145 Å². The molecule has 6 nitrogen and oxygen atoms in total. The quantitative estimate of drug-likeness (QED) is 0.228. The van der Waals surface area contributed by atoms with E-state index in [9.17, 15) is 15.0 Å². The Morgan fingerprint density at radius 3 is 2.08 bits per heavy atom. The maximum atomic E-state index is 11.0. The predicted molar refractivity (Wildman–Crippen MR) is 94.6 cm³/mol. The van der Waals surface area contributed by atoms with Crippen LogP contribution in [0.1, 0.15) is 71.1 Å². The highest BCUT2D eigenvalue weighted by Crippen LogP contribution is 2.15. The first kappa shape index (κ1) is 23.1. The summed E-state index contributed by atoms with van der Waals surface area (Å²) < 4.78 is 0. The predicted octanol–water partition coefficient (Wildman–Crippen LogP) is 1.96. The maximum Gasteiger partial charge on any atom is 0.328 e. The number of nitrogens with two attached hydrogens (primary N) is 1. The van der Waals surface area contributed by atoms with E-state index in [2.05, 4.69) is 6.92 Å². The fourth-order valence-corrected chi connectivity index (χ4v) is 2.51. The summed E-state index contributed by atoms with van der Waals surface area (Å²) in [6.45, 7) is 1.27. The number of aliphatic hydroxyl groups is 3. The molecule has 0 aromatic rings. The maximum absolute atomic E-state index is 11.0. The van der Waals surface area contributed by atoms with E-state index in [0.717, 1.165) is 12.8 Å². The van der Waals surface area contributed by atoms with Crippen LogP contribution in [0.5, 0.6) is 0 Å². The van der Waals surface area contributed by atoms with Crippen LogP contribution in [0.4, 0.5) is 0 Å². The van der Waals surface area contributed by atoms with E-state index in [4.69, 9.17) is 15.9 Å². The summed E-state index contributed by atoms with van der Waals surface area (Å²) in [5, 5.41) is 37.6. The molecule has 0 saturated heterocycles. The van der Waals surface area contributed by atoms with Crippen molar-refractivity contribution < 1.29 is 25.2 Å². The van der Waals surface area contributed by atoms with Crippen molar-refractivity contribution in [1.29, 1.82) is 0 Å². The lowest BCUT2D eigenvalue weighted by Crippen LogP contribution is -2.63. The largest absolute Gasteiger partial charge is 0.480 e. The van der Waals surface area contributed by atoms with Crippen molar-refractivity contribution in [3.8, 4) is 0 Å². The molecule has 0 aromatic heterocycles. The SMILES string of the molecule is CCCCCCCCCC/C=C/C[C@@H](O)[C@H](O)[C@@](N)(CO)C(=O)O. The smallest absolute Gasteiger partial charge is 0.328 e. The topological polar surface area (TPSA) is 124 Å². The molecule has 0 rings (SSSR count). The van der Waals surface area contributed by atoms with Crippen LogP contribution < -0.4 is 5.73 Å². The number of hydrogen-bond acceptors (Lipinski definition) is 5. The van der Waals surface area contributed by atoms with Gasteiger partial charge in [0, 0.05) is 0 Å². The molecule has 0 saturated carbocycles. The van der Waals surface area contributed by atoms with Crippen molar-refractivity contribution in [2.75, 3.05) is 6.61 Å². The molecule has 142 valence electrons. The average molecular weight is 345 g/mol. The highest BCUT2D eigenvalue weighted by atomic mass is 16.4. The van der Waals surface area contributed by atoms with Crippen molar-refractivity contribution in [3.63, 3.8) is 0 Å². The van der Waals surface area contributed by atoms with Crippen LogP contribution in [0.3, 0.4) is 0 Å². The van der Waals surface area contributed by atoms with Gasteiger partial charge in [-0.25, -0.2) is 0 Å². The third kappa shape index (κ3) is 8.78. The Kier molecular flexibility index (Phi) is 12.8. The molecule has 24 heavy (non-hydrogen) atoms. The van der Waals surface area contributed by atoms with Gasteiger partial charge in [0.15, 0.2) is 5.54 Å². The Hall–Kier alpha value is -0.950. The van der Waals surface area contributed by atoms with Gasteiger partial charge in [-0.3, -0.25) is 4.79 Å². The number of allylic oxidation sites excluding steroid dienone is 1. The van der Waals surface area contributed by atoms with Crippen molar-refractivity contribution in [3.05, 3.63) is 12.2 Å². The van der Waals surface area contributed by atoms with E-state index < -0.39 is 30.3 Å². The molecule has 3 atom stereocenters. The number of carbonyl (C=O) groups is 1. The second-order valence-corrected chi connectivity index (χ2v) is 6.49. The Morgan fingerprint density at radius 1 is 1.04 bits per heavy atom. The zero-order valence-corrected chi connectivity index (χ0v) is 14.9. The summed E-state index contributed by atoms with van der Waals surface area (Å²) in [4.78, 5) is 11.0. The molecule has 0 aliphatic rings. The monoisotopic (exact) mass is 345 g/mol. The van der Waals surface area contributed by atoms with Crippen molar-refractivity contribution >= 4 is 5.97 Å². The van der Waals surface area contributed by atoms with Gasteiger partial charge in [-0.2, -0.15) is 0 Å². The van der Waals surface area contributed by atoms with E-state index >= 15 is 0 Å². The molecule has 0 aromatic carbocycles. The lowest BCUT2D eigenvalue weighted by Gasteiger charge is -2.30. The van der Waals surface area contributed by atoms with Crippen LogP contribution in [-0.2, 0) is 4.79 Å². The third-order valence-electron chi connectivity index (χ3n) is 4.32. The lowest BCUT2D eigenvalue weighted by atomic mass is 9.89. The number of hydrogen-bond donors (Lipinski definition) is 5. The molecule has 6 heteroatoms. The normalized spacial score (nSPS) is 16.9. The minimum Gasteiger partial charge on any atom is -0.480 e. The van der Waals surface area contributed by atoms with Gasteiger partial charge in [-0.1, -0.05) is 64.0 Å². The summed E-state index contributed by atoms with van der Waals surface area (Å²) in [5.74, 6) is -1.54. The first-order valence-corrected chi connectivity index (χ1v) is 9.04. The van der Waals surface area contributed by atoms with E-state index in [1.165, 1.54) is 44.9 Å². The van der Waals surface area contributed by atoms with E-state index in [1.54, 1.807) is 6.08 Å². The molecule has 0 aliphatic carbocycles. The van der Waals surface area contributed by atoms with Gasteiger partial charge >= 0.3 is 5.97 Å². The van der Waals surface area contributed by atoms with Crippen LogP contribution in [0.2, 0.25) is 0 Å². The van der Waals surface area contributed by atoms with Gasteiger partial charge in [0.2, 0.25) is 0 Å². The number of aliphatic carboxylic acids is 1. The van der Waals surface area contributed by atoms with Crippen LogP contribution in [0.25, 0.3) is 0 Å². The highest BCUT2D eigenvalue weighted by molar-refractivity contribution is 5.79. The molecule has 0 radical (unpaired) electrons. The molecule has 0 unspecified atom stereocenters. The fraction of sp³-hybridized carbons (Fsp3) is 0.833. The number of rotatable bonds is 15. The van der Waals surface area contributed by atoms with Gasteiger partial charge < -0.3 is 26.2 Å². The fourth-order valence-electron chi connectivity index (χ4n) is 2.51. The summed E-state index contributed by atoms with van der Waals surface area (Å²) in [6, 6.07) is 0.